The highest BCUT2D eigenvalue weighted by Gasteiger charge is 2.23. The lowest BCUT2D eigenvalue weighted by atomic mass is 10.0. The van der Waals surface area contributed by atoms with Crippen molar-refractivity contribution in [3.05, 3.63) is 0 Å². The van der Waals surface area contributed by atoms with E-state index in [1.165, 1.54) is 19.5 Å². The average molecular weight is 539 g/mol. The highest BCUT2D eigenvalue weighted by Crippen LogP contribution is 2.13. The lowest BCUT2D eigenvalue weighted by Gasteiger charge is -2.37. The fourth-order valence-corrected chi connectivity index (χ4v) is 4.26. The number of nitrogens with one attached hydrogen (secondary N) is 2. The number of aliphatic imine (C=N–C) groups is 1. The highest BCUT2D eigenvalue weighted by atomic mass is 127. The van der Waals surface area contributed by atoms with Crippen molar-refractivity contribution >= 4 is 29.9 Å². The van der Waals surface area contributed by atoms with Crippen LogP contribution in [0.1, 0.15) is 41.0 Å². The molecule has 2 atom stereocenters. The molecule has 2 rings (SSSR count). The number of hydrogen-bond acceptors (Lipinski definition) is 5. The minimum absolute atomic E-state index is 0. The first kappa shape index (κ1) is 27.9. The summed E-state index contributed by atoms with van der Waals surface area (Å²) in [6.07, 6.45) is 1.20. The van der Waals surface area contributed by atoms with Crippen LogP contribution in [-0.2, 0) is 4.74 Å². The van der Waals surface area contributed by atoms with Gasteiger partial charge in [-0.1, -0.05) is 20.8 Å². The van der Waals surface area contributed by atoms with Crippen molar-refractivity contribution in [1.29, 1.82) is 0 Å². The van der Waals surface area contributed by atoms with Gasteiger partial charge in [0.05, 0.1) is 19.8 Å². The van der Waals surface area contributed by atoms with Gasteiger partial charge in [-0.25, -0.2) is 0 Å². The zero-order valence-electron chi connectivity index (χ0n) is 20.0. The molecule has 2 aliphatic heterocycles. The number of ether oxygens (including phenoxy) is 1. The summed E-state index contributed by atoms with van der Waals surface area (Å²) >= 11 is 0. The van der Waals surface area contributed by atoms with Crippen molar-refractivity contribution in [3.63, 3.8) is 0 Å². The van der Waals surface area contributed by atoms with Crippen LogP contribution in [0.15, 0.2) is 4.99 Å². The molecule has 0 spiro atoms. The molecule has 0 saturated carbocycles. The van der Waals surface area contributed by atoms with Gasteiger partial charge in [0.15, 0.2) is 5.96 Å². The first-order valence-corrected chi connectivity index (χ1v) is 11.8. The van der Waals surface area contributed by atoms with Gasteiger partial charge in [-0.15, -0.1) is 24.0 Å². The van der Waals surface area contributed by atoms with E-state index in [9.17, 15) is 0 Å². The third-order valence-electron chi connectivity index (χ3n) is 6.15. The molecule has 0 aromatic rings. The number of rotatable bonds is 10. The van der Waals surface area contributed by atoms with Gasteiger partial charge in [-0.05, 0) is 32.7 Å². The summed E-state index contributed by atoms with van der Waals surface area (Å²) in [5, 5.41) is 7.07. The van der Waals surface area contributed by atoms with Crippen LogP contribution in [0.3, 0.4) is 0 Å². The second-order valence-electron chi connectivity index (χ2n) is 8.85. The average Bonchev–Trinajstić information content (AvgIpc) is 2.74. The molecule has 8 heteroatoms. The first-order chi connectivity index (χ1) is 14.0. The lowest BCUT2D eigenvalue weighted by Crippen LogP contribution is -2.52. The molecular weight excluding hydrogens is 491 g/mol. The lowest BCUT2D eigenvalue weighted by molar-refractivity contribution is 0.0132. The summed E-state index contributed by atoms with van der Waals surface area (Å²) in [5.74, 6) is 1.64. The largest absolute Gasteiger partial charge is 0.379 e. The Hall–Kier alpha value is -0.160. The highest BCUT2D eigenvalue weighted by molar-refractivity contribution is 14.0. The maximum Gasteiger partial charge on any atom is 0.191 e. The topological polar surface area (TPSA) is 55.4 Å². The monoisotopic (exact) mass is 538 g/mol. The molecule has 0 amide bonds. The van der Waals surface area contributed by atoms with Gasteiger partial charge in [-0.3, -0.25) is 14.8 Å². The molecule has 2 unspecified atom stereocenters. The molecule has 2 saturated heterocycles. The minimum Gasteiger partial charge on any atom is -0.379 e. The zero-order valence-corrected chi connectivity index (χ0v) is 22.4. The second-order valence-corrected chi connectivity index (χ2v) is 8.85. The van der Waals surface area contributed by atoms with Crippen LogP contribution in [0.2, 0.25) is 0 Å². The molecule has 178 valence electrons. The third-order valence-corrected chi connectivity index (χ3v) is 6.15. The summed E-state index contributed by atoms with van der Waals surface area (Å²) in [7, 11) is 0. The van der Waals surface area contributed by atoms with Crippen LogP contribution in [0.4, 0.5) is 0 Å². The van der Waals surface area contributed by atoms with E-state index in [-0.39, 0.29) is 24.0 Å². The van der Waals surface area contributed by atoms with Crippen LogP contribution in [0, 0.1) is 5.92 Å². The van der Waals surface area contributed by atoms with Crippen molar-refractivity contribution < 1.29 is 4.74 Å². The summed E-state index contributed by atoms with van der Waals surface area (Å²) in [6.45, 7) is 23.6. The van der Waals surface area contributed by atoms with Crippen molar-refractivity contribution in [3.8, 4) is 0 Å². The summed E-state index contributed by atoms with van der Waals surface area (Å²) in [6, 6.07) is 1.01. The number of likely N-dealkylation sites (N-methyl/N-ethyl adjacent to an activating group) is 1. The van der Waals surface area contributed by atoms with Crippen LogP contribution in [0.5, 0.6) is 0 Å². The molecule has 0 aliphatic carbocycles. The molecule has 2 N–H and O–H groups in total. The van der Waals surface area contributed by atoms with Gasteiger partial charge in [0.25, 0.3) is 0 Å². The molecule has 7 nitrogen and oxygen atoms in total. The van der Waals surface area contributed by atoms with E-state index in [2.05, 4.69) is 60.0 Å². The molecule has 0 radical (unpaired) electrons. The van der Waals surface area contributed by atoms with Crippen molar-refractivity contribution in [2.75, 3.05) is 78.7 Å². The Morgan fingerprint density at radius 1 is 0.933 bits per heavy atom. The Kier molecular flexibility index (Phi) is 14.5. The zero-order chi connectivity index (χ0) is 21.1. The summed E-state index contributed by atoms with van der Waals surface area (Å²) < 4.78 is 5.55. The first-order valence-electron chi connectivity index (χ1n) is 11.8. The van der Waals surface area contributed by atoms with Crippen molar-refractivity contribution in [2.24, 2.45) is 10.9 Å². The normalized spacial score (nSPS) is 21.9. The fraction of sp³-hybridized carbons (Fsp3) is 0.955. The maximum atomic E-state index is 5.55. The SMILES string of the molecule is CCNC(=NCC(C)N1CCN(CC)CC1)NCC(CC(C)C)N1CCOCC1.I. The number of halogens is 1. The minimum atomic E-state index is 0. The molecule has 30 heavy (non-hydrogen) atoms. The van der Waals surface area contributed by atoms with E-state index in [4.69, 9.17) is 9.73 Å². The fourth-order valence-electron chi connectivity index (χ4n) is 4.26. The maximum absolute atomic E-state index is 5.55. The Morgan fingerprint density at radius 3 is 2.17 bits per heavy atom. The number of morpholine rings is 1. The second kappa shape index (κ2) is 15.6. The van der Waals surface area contributed by atoms with Gasteiger partial charge in [0, 0.05) is 64.4 Å². The molecule has 2 fully saturated rings. The van der Waals surface area contributed by atoms with E-state index in [0.717, 1.165) is 71.5 Å². The van der Waals surface area contributed by atoms with Crippen LogP contribution in [0.25, 0.3) is 0 Å². The molecule has 0 bridgehead atoms. The standard InChI is InChI=1S/C22H46N6O.HI/c1-6-23-22(24-17-20(5)27-10-8-26(7-2)9-11-27)25-18-21(16-19(3)4)28-12-14-29-15-13-28;/h19-21H,6-18H2,1-5H3,(H2,23,24,25);1H. The number of nitrogens with zero attached hydrogens (tertiary/aromatic N) is 4. The molecule has 2 aliphatic rings. The van der Waals surface area contributed by atoms with Gasteiger partial charge in [0.1, 0.15) is 0 Å². The van der Waals surface area contributed by atoms with E-state index < -0.39 is 0 Å². The predicted octanol–water partition coefficient (Wildman–Crippen LogP) is 1.93. The van der Waals surface area contributed by atoms with Gasteiger partial charge in [0.2, 0.25) is 0 Å². The van der Waals surface area contributed by atoms with Crippen LogP contribution < -0.4 is 10.6 Å². The third kappa shape index (κ3) is 9.97. The Bertz CT molecular complexity index is 465. The number of hydrogen-bond donors (Lipinski definition) is 2. The van der Waals surface area contributed by atoms with Crippen LogP contribution >= 0.6 is 24.0 Å². The van der Waals surface area contributed by atoms with Gasteiger partial charge >= 0.3 is 0 Å². The molecule has 2 heterocycles. The van der Waals surface area contributed by atoms with Crippen molar-refractivity contribution in [2.45, 2.75) is 53.1 Å². The van der Waals surface area contributed by atoms with Gasteiger partial charge < -0.3 is 20.3 Å². The quantitative estimate of drug-likeness (QED) is 0.252. The summed E-state index contributed by atoms with van der Waals surface area (Å²) in [4.78, 5) is 12.6. The predicted molar refractivity (Wildman–Crippen MR) is 138 cm³/mol. The van der Waals surface area contributed by atoms with E-state index in [0.29, 0.717) is 18.0 Å². The molecule has 0 aromatic carbocycles. The van der Waals surface area contributed by atoms with E-state index in [1.54, 1.807) is 0 Å². The van der Waals surface area contributed by atoms with E-state index in [1.807, 2.05) is 0 Å². The van der Waals surface area contributed by atoms with E-state index >= 15 is 0 Å². The number of piperazine rings is 1. The summed E-state index contributed by atoms with van der Waals surface area (Å²) in [5.41, 5.74) is 0. The smallest absolute Gasteiger partial charge is 0.191 e. The molecular formula is C22H47IN6O. The number of guanidine groups is 1. The van der Waals surface area contributed by atoms with Crippen LogP contribution in [-0.4, -0.2) is 111 Å². The van der Waals surface area contributed by atoms with Gasteiger partial charge in [-0.2, -0.15) is 0 Å². The Balaban J connectivity index is 0.00000450. The van der Waals surface area contributed by atoms with Crippen molar-refractivity contribution in [1.82, 2.24) is 25.3 Å². The Labute approximate surface area is 202 Å². The molecule has 0 aromatic heterocycles. The Morgan fingerprint density at radius 2 is 1.60 bits per heavy atom.